The fourth-order valence-electron chi connectivity index (χ4n) is 1.58. The first-order valence-electron chi connectivity index (χ1n) is 5.23. The van der Waals surface area contributed by atoms with E-state index in [2.05, 4.69) is 11.4 Å². The van der Waals surface area contributed by atoms with Crippen LogP contribution < -0.4 is 5.32 Å². The van der Waals surface area contributed by atoms with Gasteiger partial charge >= 0.3 is 0 Å². The molecular weight excluding hydrogens is 232 g/mol. The molecule has 84 valence electrons. The monoisotopic (exact) mass is 242 g/mol. The molecule has 0 aliphatic carbocycles. The van der Waals surface area contributed by atoms with Gasteiger partial charge in [0.05, 0.1) is 10.6 Å². The molecule has 0 spiro atoms. The van der Waals surface area contributed by atoms with E-state index >= 15 is 0 Å². The van der Waals surface area contributed by atoms with Gasteiger partial charge in [-0.05, 0) is 36.8 Å². The highest BCUT2D eigenvalue weighted by molar-refractivity contribution is 6.32. The molecule has 0 amide bonds. The Hall–Kier alpha value is -1.98. The molecule has 1 N–H and O–H groups in total. The summed E-state index contributed by atoms with van der Waals surface area (Å²) in [6.45, 7) is 1.90. The van der Waals surface area contributed by atoms with Crippen LogP contribution in [0.1, 0.15) is 11.1 Å². The maximum absolute atomic E-state index is 8.87. The zero-order valence-electron chi connectivity index (χ0n) is 9.37. The summed E-state index contributed by atoms with van der Waals surface area (Å²) in [6.07, 6.45) is 0. The summed E-state index contributed by atoms with van der Waals surface area (Å²) in [4.78, 5) is 0. The summed E-state index contributed by atoms with van der Waals surface area (Å²) in [5, 5.41) is 12.6. The molecule has 0 aromatic heterocycles. The molecule has 0 unspecified atom stereocenters. The lowest BCUT2D eigenvalue weighted by Crippen LogP contribution is -1.94. The lowest BCUT2D eigenvalue weighted by atomic mass is 10.1. The van der Waals surface area contributed by atoms with Gasteiger partial charge in [0.15, 0.2) is 0 Å². The average Bonchev–Trinajstić information content (AvgIpc) is 2.37. The standard InChI is InChI=1S/C14H11ClN2/c1-10-13(8-7-11(9-16)14(10)15)17-12-5-3-2-4-6-12/h2-8,17H,1H3. The molecule has 0 aliphatic rings. The third-order valence-corrected chi connectivity index (χ3v) is 3.05. The number of nitrogens with one attached hydrogen (secondary N) is 1. The van der Waals surface area contributed by atoms with Crippen LogP contribution in [0, 0.1) is 18.3 Å². The van der Waals surface area contributed by atoms with Gasteiger partial charge in [-0.2, -0.15) is 5.26 Å². The highest BCUT2D eigenvalue weighted by atomic mass is 35.5. The molecule has 0 saturated heterocycles. The van der Waals surface area contributed by atoms with Gasteiger partial charge in [-0.1, -0.05) is 29.8 Å². The minimum absolute atomic E-state index is 0.503. The largest absolute Gasteiger partial charge is 0.355 e. The molecule has 0 atom stereocenters. The van der Waals surface area contributed by atoms with Crippen LogP contribution in [0.5, 0.6) is 0 Å². The van der Waals surface area contributed by atoms with Crippen molar-refractivity contribution in [2.75, 3.05) is 5.32 Å². The van der Waals surface area contributed by atoms with Crippen molar-refractivity contribution in [1.29, 1.82) is 5.26 Å². The molecule has 2 aromatic carbocycles. The summed E-state index contributed by atoms with van der Waals surface area (Å²) < 4.78 is 0. The first-order chi connectivity index (χ1) is 8.22. The number of halogens is 1. The number of para-hydroxylation sites is 1. The van der Waals surface area contributed by atoms with Crippen LogP contribution >= 0.6 is 11.6 Å². The van der Waals surface area contributed by atoms with E-state index in [-0.39, 0.29) is 0 Å². The van der Waals surface area contributed by atoms with Crippen molar-refractivity contribution in [3.63, 3.8) is 0 Å². The predicted octanol–water partition coefficient (Wildman–Crippen LogP) is 4.26. The van der Waals surface area contributed by atoms with Crippen molar-refractivity contribution < 1.29 is 0 Å². The first-order valence-corrected chi connectivity index (χ1v) is 5.61. The maximum Gasteiger partial charge on any atom is 0.101 e. The highest BCUT2D eigenvalue weighted by Crippen LogP contribution is 2.28. The number of rotatable bonds is 2. The van der Waals surface area contributed by atoms with E-state index in [9.17, 15) is 0 Å². The van der Waals surface area contributed by atoms with Crippen LogP contribution in [-0.4, -0.2) is 0 Å². The van der Waals surface area contributed by atoms with Crippen molar-refractivity contribution in [1.82, 2.24) is 0 Å². The molecule has 0 aliphatic heterocycles. The Labute approximate surface area is 105 Å². The number of benzene rings is 2. The third-order valence-electron chi connectivity index (χ3n) is 2.56. The second kappa shape index (κ2) is 4.90. The molecule has 2 rings (SSSR count). The maximum atomic E-state index is 8.87. The molecule has 0 heterocycles. The van der Waals surface area contributed by atoms with Gasteiger partial charge in [0, 0.05) is 11.4 Å². The Morgan fingerprint density at radius 2 is 1.82 bits per heavy atom. The van der Waals surface area contributed by atoms with Crippen LogP contribution in [0.3, 0.4) is 0 Å². The van der Waals surface area contributed by atoms with E-state index in [0.29, 0.717) is 10.6 Å². The van der Waals surface area contributed by atoms with Crippen LogP contribution in [-0.2, 0) is 0 Å². The Kier molecular flexibility index (Phi) is 3.32. The van der Waals surface area contributed by atoms with Gasteiger partial charge in [0.25, 0.3) is 0 Å². The lowest BCUT2D eigenvalue weighted by molar-refractivity contribution is 1.40. The van der Waals surface area contributed by atoms with E-state index in [4.69, 9.17) is 16.9 Å². The molecule has 0 bridgehead atoms. The van der Waals surface area contributed by atoms with Crippen molar-refractivity contribution in [3.8, 4) is 6.07 Å². The fraction of sp³-hybridized carbons (Fsp3) is 0.0714. The molecule has 2 nitrogen and oxygen atoms in total. The predicted molar refractivity (Wildman–Crippen MR) is 70.6 cm³/mol. The van der Waals surface area contributed by atoms with Gasteiger partial charge in [-0.25, -0.2) is 0 Å². The number of nitriles is 1. The minimum Gasteiger partial charge on any atom is -0.355 e. The zero-order chi connectivity index (χ0) is 12.3. The normalized spacial score (nSPS) is 9.71. The second-order valence-corrected chi connectivity index (χ2v) is 4.08. The topological polar surface area (TPSA) is 35.8 Å². The minimum atomic E-state index is 0.503. The quantitative estimate of drug-likeness (QED) is 0.854. The molecule has 0 saturated carbocycles. The van der Waals surface area contributed by atoms with Gasteiger partial charge in [-0.15, -0.1) is 0 Å². The third kappa shape index (κ3) is 2.41. The second-order valence-electron chi connectivity index (χ2n) is 3.70. The Morgan fingerprint density at radius 1 is 1.12 bits per heavy atom. The summed E-state index contributed by atoms with van der Waals surface area (Å²) in [5.41, 5.74) is 3.30. The lowest BCUT2D eigenvalue weighted by Gasteiger charge is -2.11. The average molecular weight is 243 g/mol. The Morgan fingerprint density at radius 3 is 2.47 bits per heavy atom. The van der Waals surface area contributed by atoms with Crippen molar-refractivity contribution >= 4 is 23.0 Å². The summed E-state index contributed by atoms with van der Waals surface area (Å²) in [7, 11) is 0. The summed E-state index contributed by atoms with van der Waals surface area (Å²) in [6, 6.07) is 15.5. The highest BCUT2D eigenvalue weighted by Gasteiger charge is 2.07. The van der Waals surface area contributed by atoms with Gasteiger partial charge in [-0.3, -0.25) is 0 Å². The van der Waals surface area contributed by atoms with Crippen LogP contribution in [0.15, 0.2) is 42.5 Å². The number of hydrogen-bond donors (Lipinski definition) is 1. The molecular formula is C14H11ClN2. The smallest absolute Gasteiger partial charge is 0.101 e. The van der Waals surface area contributed by atoms with Crippen molar-refractivity contribution in [3.05, 3.63) is 58.6 Å². The number of hydrogen-bond acceptors (Lipinski definition) is 2. The molecule has 0 fully saturated rings. The number of anilines is 2. The van der Waals surface area contributed by atoms with E-state index in [1.165, 1.54) is 0 Å². The van der Waals surface area contributed by atoms with Gasteiger partial charge in [0.2, 0.25) is 0 Å². The summed E-state index contributed by atoms with van der Waals surface area (Å²) in [5.74, 6) is 0. The molecule has 2 aromatic rings. The Balaban J connectivity index is 2.36. The van der Waals surface area contributed by atoms with Gasteiger partial charge < -0.3 is 5.32 Å². The van der Waals surface area contributed by atoms with E-state index in [0.717, 1.165) is 16.9 Å². The van der Waals surface area contributed by atoms with Crippen LogP contribution in [0.2, 0.25) is 5.02 Å². The summed E-state index contributed by atoms with van der Waals surface area (Å²) >= 11 is 6.10. The first kappa shape index (κ1) is 11.5. The number of nitrogens with zero attached hydrogens (tertiary/aromatic N) is 1. The molecule has 17 heavy (non-hydrogen) atoms. The van der Waals surface area contributed by atoms with Crippen molar-refractivity contribution in [2.24, 2.45) is 0 Å². The van der Waals surface area contributed by atoms with Crippen LogP contribution in [0.25, 0.3) is 0 Å². The van der Waals surface area contributed by atoms with E-state index < -0.39 is 0 Å². The van der Waals surface area contributed by atoms with E-state index in [1.54, 1.807) is 6.07 Å². The molecule has 3 heteroatoms. The fourth-order valence-corrected chi connectivity index (χ4v) is 1.79. The zero-order valence-corrected chi connectivity index (χ0v) is 10.1. The molecule has 0 radical (unpaired) electrons. The van der Waals surface area contributed by atoms with E-state index in [1.807, 2.05) is 43.3 Å². The van der Waals surface area contributed by atoms with Crippen molar-refractivity contribution in [2.45, 2.75) is 6.92 Å². The van der Waals surface area contributed by atoms with Crippen LogP contribution in [0.4, 0.5) is 11.4 Å². The Bertz CT molecular complexity index is 571. The van der Waals surface area contributed by atoms with Gasteiger partial charge in [0.1, 0.15) is 6.07 Å². The SMILES string of the molecule is Cc1c(Nc2ccccc2)ccc(C#N)c1Cl.